The van der Waals surface area contributed by atoms with Gasteiger partial charge in [-0.25, -0.2) is 19.2 Å². The van der Waals surface area contributed by atoms with Gasteiger partial charge in [-0.15, -0.1) is 0 Å². The molecule has 0 aliphatic carbocycles. The number of ether oxygens (including phenoxy) is 1. The van der Waals surface area contributed by atoms with E-state index in [0.29, 0.717) is 0 Å². The number of hydrogen-bond acceptors (Lipinski definition) is 10. The number of rotatable bonds is 7. The highest BCUT2D eigenvalue weighted by Crippen LogP contribution is 2.27. The van der Waals surface area contributed by atoms with Gasteiger partial charge in [-0.3, -0.25) is 9.59 Å². The molecule has 27 heavy (non-hydrogen) atoms. The molecule has 1 saturated heterocycles. The molecular weight excluding hydrogens is 384 g/mol. The molecule has 0 bridgehead atoms. The van der Waals surface area contributed by atoms with Crippen LogP contribution in [-0.2, 0) is 33.5 Å². The zero-order chi connectivity index (χ0) is 21.7. The molecule has 4 atom stereocenters. The minimum Gasteiger partial charge on any atom is -0.481 e. The normalized spacial score (nSPS) is 24.4. The van der Waals surface area contributed by atoms with Crippen molar-refractivity contribution in [3.05, 3.63) is 0 Å². The Morgan fingerprint density at radius 2 is 1.59 bits per heavy atom. The summed E-state index contributed by atoms with van der Waals surface area (Å²) in [6.45, 7) is 0. The molecule has 1 aliphatic heterocycles. The predicted octanol–water partition coefficient (Wildman–Crippen LogP) is -4.08. The molecule has 8 N–H and O–H groups in total. The molecule has 0 saturated carbocycles. The van der Waals surface area contributed by atoms with Crippen molar-refractivity contribution >= 4 is 35.8 Å². The Morgan fingerprint density at radius 1 is 1.11 bits per heavy atom. The maximum atomic E-state index is 10.6. The molecule has 15 heteroatoms. The van der Waals surface area contributed by atoms with E-state index in [9.17, 15) is 33.9 Å². The summed E-state index contributed by atoms with van der Waals surface area (Å²) in [4.78, 5) is 62.0. The Labute approximate surface area is 147 Å². The Kier molecular flexibility index (Phi) is 7.36. The zero-order valence-electron chi connectivity index (χ0n) is 13.0. The van der Waals surface area contributed by atoms with Crippen LogP contribution >= 0.6 is 0 Å². The Morgan fingerprint density at radius 3 is 1.85 bits per heavy atom. The summed E-state index contributed by atoms with van der Waals surface area (Å²) in [7, 11) is 0. The Bertz CT molecular complexity index is 668. The first-order chi connectivity index (χ1) is 12.1. The van der Waals surface area contributed by atoms with Crippen LogP contribution in [0.3, 0.4) is 0 Å². The van der Waals surface area contributed by atoms with Gasteiger partial charge in [-0.2, -0.15) is 0 Å². The minimum absolute atomic E-state index is 0.848. The van der Waals surface area contributed by atoms with Crippen molar-refractivity contribution < 1.29 is 74.4 Å². The highest BCUT2D eigenvalue weighted by Gasteiger charge is 2.58. The lowest BCUT2D eigenvalue weighted by molar-refractivity contribution is -0.187. The van der Waals surface area contributed by atoms with Crippen molar-refractivity contribution in [1.29, 1.82) is 0 Å². The number of carboxylic acids is 5. The van der Waals surface area contributed by atoms with E-state index < -0.39 is 72.1 Å². The Hall–Kier alpha value is -3.30. The molecule has 152 valence electrons. The largest absolute Gasteiger partial charge is 0.481 e. The third kappa shape index (κ3) is 5.33. The van der Waals surface area contributed by atoms with Crippen LogP contribution in [0.25, 0.3) is 0 Å². The van der Waals surface area contributed by atoms with Crippen molar-refractivity contribution in [2.45, 2.75) is 36.3 Å². The first kappa shape index (κ1) is 23.7. The van der Waals surface area contributed by atoms with Crippen molar-refractivity contribution in [2.75, 3.05) is 0 Å². The molecule has 0 aromatic heterocycles. The molecule has 4 unspecified atom stereocenters. The van der Waals surface area contributed by atoms with Crippen molar-refractivity contribution in [2.24, 2.45) is 0 Å². The van der Waals surface area contributed by atoms with Gasteiger partial charge in [-0.05, 0) is 0 Å². The van der Waals surface area contributed by atoms with E-state index in [4.69, 9.17) is 35.7 Å². The quantitative estimate of drug-likeness (QED) is 0.189. The highest BCUT2D eigenvalue weighted by molar-refractivity contribution is 5.95. The maximum Gasteiger partial charge on any atom is 0.348 e. The van der Waals surface area contributed by atoms with Crippen LogP contribution < -0.4 is 0 Å². The van der Waals surface area contributed by atoms with E-state index in [-0.39, 0.29) is 0 Å². The molecule has 0 amide bonds. The standard InChI is InChI=1S/C6H8O8.C6H6O7/c7-2(8)1-6(14,5(12)13)3(9)4(10)11;7-2-1-6(12,5(10)11)3(13-2)4(8)9/h3,9,14H,1H2,(H,7,8)(H,10,11)(H,12,13);3,12H,1H2,(H,8,9)(H,10,11). The summed E-state index contributed by atoms with van der Waals surface area (Å²) < 4.78 is 4.13. The summed E-state index contributed by atoms with van der Waals surface area (Å²) in [6, 6.07) is 0. The fourth-order valence-corrected chi connectivity index (χ4v) is 1.75. The molecule has 1 rings (SSSR count). The van der Waals surface area contributed by atoms with Gasteiger partial charge in [0, 0.05) is 0 Å². The lowest BCUT2D eigenvalue weighted by atomic mass is 9.93. The van der Waals surface area contributed by atoms with E-state index in [1.807, 2.05) is 0 Å². The first-order valence-corrected chi connectivity index (χ1v) is 6.56. The number of cyclic esters (lactones) is 1. The zero-order valence-corrected chi connectivity index (χ0v) is 13.0. The number of aliphatic hydroxyl groups is 3. The molecule has 0 aromatic carbocycles. The lowest BCUT2D eigenvalue weighted by Gasteiger charge is -2.23. The number of carbonyl (C=O) groups is 6. The second kappa shape index (κ2) is 8.39. The average molecular weight is 398 g/mol. The van der Waals surface area contributed by atoms with Crippen LogP contribution in [-0.4, -0.2) is 100 Å². The molecule has 1 fully saturated rings. The summed E-state index contributed by atoms with van der Waals surface area (Å²) in [5.41, 5.74) is -5.87. The second-order valence-corrected chi connectivity index (χ2v) is 5.16. The van der Waals surface area contributed by atoms with Gasteiger partial charge in [0.1, 0.15) is 0 Å². The van der Waals surface area contributed by atoms with Gasteiger partial charge < -0.3 is 45.6 Å². The van der Waals surface area contributed by atoms with E-state index in [1.54, 1.807) is 0 Å². The number of esters is 1. The predicted molar refractivity (Wildman–Crippen MR) is 73.2 cm³/mol. The van der Waals surface area contributed by atoms with Crippen LogP contribution in [0.5, 0.6) is 0 Å². The molecule has 0 spiro atoms. The first-order valence-electron chi connectivity index (χ1n) is 6.56. The van der Waals surface area contributed by atoms with Gasteiger partial charge in [0.25, 0.3) is 0 Å². The number of carbonyl (C=O) groups excluding carboxylic acids is 1. The topological polar surface area (TPSA) is 273 Å². The molecule has 1 aliphatic rings. The fourth-order valence-electron chi connectivity index (χ4n) is 1.75. The molecule has 0 aromatic rings. The number of hydrogen-bond donors (Lipinski definition) is 8. The van der Waals surface area contributed by atoms with Gasteiger partial charge in [-0.1, -0.05) is 0 Å². The van der Waals surface area contributed by atoms with Crippen LogP contribution in [0.4, 0.5) is 0 Å². The minimum atomic E-state index is -3.22. The monoisotopic (exact) mass is 398 g/mol. The lowest BCUT2D eigenvalue weighted by Crippen LogP contribution is -2.54. The van der Waals surface area contributed by atoms with Crippen LogP contribution in [0.15, 0.2) is 0 Å². The van der Waals surface area contributed by atoms with E-state index in [0.717, 1.165) is 0 Å². The highest BCUT2D eigenvalue weighted by atomic mass is 16.6. The molecular formula is C12H14O15. The molecule has 1 heterocycles. The fraction of sp³-hybridized carbons (Fsp3) is 0.500. The van der Waals surface area contributed by atoms with E-state index in [2.05, 4.69) is 4.74 Å². The number of aliphatic carboxylic acids is 5. The summed E-state index contributed by atoms with van der Waals surface area (Å²) in [6.07, 6.45) is -6.98. The van der Waals surface area contributed by atoms with Gasteiger partial charge in [0.2, 0.25) is 17.3 Å². The summed E-state index contributed by atoms with van der Waals surface area (Å²) in [5, 5.41) is 68.8. The third-order valence-corrected chi connectivity index (χ3v) is 3.17. The van der Waals surface area contributed by atoms with Crippen molar-refractivity contribution in [1.82, 2.24) is 0 Å². The van der Waals surface area contributed by atoms with Gasteiger partial charge in [0.05, 0.1) is 12.8 Å². The Balaban J connectivity index is 0.000000501. The smallest absolute Gasteiger partial charge is 0.348 e. The molecule has 0 radical (unpaired) electrons. The molecule has 15 nitrogen and oxygen atoms in total. The van der Waals surface area contributed by atoms with Crippen molar-refractivity contribution in [3.63, 3.8) is 0 Å². The van der Waals surface area contributed by atoms with Gasteiger partial charge >= 0.3 is 35.8 Å². The van der Waals surface area contributed by atoms with Gasteiger partial charge in [0.15, 0.2) is 6.10 Å². The van der Waals surface area contributed by atoms with Crippen molar-refractivity contribution in [3.8, 4) is 0 Å². The second-order valence-electron chi connectivity index (χ2n) is 5.16. The van der Waals surface area contributed by atoms with Crippen LogP contribution in [0.1, 0.15) is 12.8 Å². The van der Waals surface area contributed by atoms with E-state index >= 15 is 0 Å². The van der Waals surface area contributed by atoms with E-state index in [1.165, 1.54) is 0 Å². The number of carboxylic acid groups (broad SMARTS) is 5. The average Bonchev–Trinajstić information content (AvgIpc) is 2.82. The van der Waals surface area contributed by atoms with Crippen LogP contribution in [0.2, 0.25) is 0 Å². The SMILES string of the molecule is O=C(O)CC(O)(C(=O)O)C(O)C(=O)O.O=C1CC(O)(C(=O)O)C(C(=O)O)O1. The number of aliphatic hydroxyl groups excluding tert-OH is 1. The van der Waals surface area contributed by atoms with Crippen LogP contribution in [0, 0.1) is 0 Å². The maximum absolute atomic E-state index is 10.6. The summed E-state index contributed by atoms with van der Waals surface area (Å²) >= 11 is 0. The summed E-state index contributed by atoms with van der Waals surface area (Å²) in [5.74, 6) is -10.4. The third-order valence-electron chi connectivity index (χ3n) is 3.17.